The molecule has 1 aliphatic rings. The van der Waals surface area contributed by atoms with Crippen LogP contribution in [0.5, 0.6) is 0 Å². The number of ether oxygens (including phenoxy) is 3. The number of nitrogens with zero attached hydrogens (tertiary/aromatic N) is 1. The standard InChI is InChI=1S/C26H50NO10PSi/c1-12-34-38(31,35-13-2)17-21(30)22-23(37-39(10,11)26(6,7)8)24(33-15-14-32-9)25(36-22)27(20(5)29)16-18(3)19(4)28/h16,21-25,30H,12-15,17H2,1-11H3/b18-16-/t21-,22+,23+,24+,25+/m0/s1. The number of carbonyl (C=O) groups excluding carboxylic acids is 2. The molecule has 0 radical (unpaired) electrons. The average Bonchev–Trinajstić information content (AvgIpc) is 3.13. The molecule has 0 unspecified atom stereocenters. The molecule has 1 fully saturated rings. The van der Waals surface area contributed by atoms with Gasteiger partial charge >= 0.3 is 7.60 Å². The number of ketones is 1. The summed E-state index contributed by atoms with van der Waals surface area (Å²) in [7, 11) is -4.59. The van der Waals surface area contributed by atoms with Crippen molar-refractivity contribution in [2.75, 3.05) is 39.7 Å². The Balaban J connectivity index is 3.66. The van der Waals surface area contributed by atoms with E-state index < -0.39 is 52.5 Å². The summed E-state index contributed by atoms with van der Waals surface area (Å²) >= 11 is 0. The van der Waals surface area contributed by atoms with Crippen LogP contribution >= 0.6 is 7.60 Å². The smallest absolute Gasteiger partial charge is 0.333 e. The van der Waals surface area contributed by atoms with Crippen molar-refractivity contribution in [3.05, 3.63) is 11.8 Å². The first kappa shape index (κ1) is 36.1. The lowest BCUT2D eigenvalue weighted by molar-refractivity contribution is -0.149. The molecule has 228 valence electrons. The molecule has 5 atom stereocenters. The zero-order valence-corrected chi connectivity index (χ0v) is 27.4. The third-order valence-corrected chi connectivity index (χ3v) is 13.6. The van der Waals surface area contributed by atoms with Gasteiger partial charge < -0.3 is 32.8 Å². The van der Waals surface area contributed by atoms with Gasteiger partial charge in [-0.05, 0) is 45.8 Å². The lowest BCUT2D eigenvalue weighted by Gasteiger charge is -2.41. The molecule has 0 aromatic carbocycles. The fraction of sp³-hybridized carbons (Fsp3) is 0.846. The van der Waals surface area contributed by atoms with Gasteiger partial charge in [0, 0.05) is 25.8 Å². The first-order chi connectivity index (χ1) is 17.9. The van der Waals surface area contributed by atoms with Crippen molar-refractivity contribution >= 4 is 27.6 Å². The van der Waals surface area contributed by atoms with E-state index in [-0.39, 0.29) is 43.4 Å². The van der Waals surface area contributed by atoms with E-state index in [1.165, 1.54) is 24.9 Å². The highest BCUT2D eigenvalue weighted by Gasteiger charge is 2.55. The van der Waals surface area contributed by atoms with Crippen LogP contribution in [-0.4, -0.2) is 100 Å². The minimum atomic E-state index is -3.65. The van der Waals surface area contributed by atoms with Gasteiger partial charge in [-0.1, -0.05) is 20.8 Å². The second-order valence-electron chi connectivity index (χ2n) is 11.2. The molecule has 39 heavy (non-hydrogen) atoms. The predicted molar refractivity (Wildman–Crippen MR) is 151 cm³/mol. The van der Waals surface area contributed by atoms with Crippen LogP contribution < -0.4 is 0 Å². The van der Waals surface area contributed by atoms with Crippen LogP contribution in [0.1, 0.15) is 55.4 Å². The topological polar surface area (TPSA) is 130 Å². The molecule has 1 N–H and O–H groups in total. The van der Waals surface area contributed by atoms with E-state index in [0.29, 0.717) is 5.57 Å². The molecule has 1 rings (SSSR count). The van der Waals surface area contributed by atoms with Crippen LogP contribution in [0, 0.1) is 0 Å². The van der Waals surface area contributed by atoms with Gasteiger partial charge in [-0.15, -0.1) is 0 Å². The van der Waals surface area contributed by atoms with Crippen molar-refractivity contribution in [1.82, 2.24) is 4.90 Å². The van der Waals surface area contributed by atoms with Crippen LogP contribution in [-0.2, 0) is 41.8 Å². The Morgan fingerprint density at radius 3 is 2.08 bits per heavy atom. The minimum absolute atomic E-state index is 0.137. The maximum absolute atomic E-state index is 13.3. The maximum atomic E-state index is 13.3. The summed E-state index contributed by atoms with van der Waals surface area (Å²) < 4.78 is 48.6. The van der Waals surface area contributed by atoms with E-state index in [9.17, 15) is 19.3 Å². The fourth-order valence-corrected chi connectivity index (χ4v) is 6.85. The van der Waals surface area contributed by atoms with Crippen LogP contribution in [0.2, 0.25) is 18.1 Å². The molecule has 0 aromatic rings. The lowest BCUT2D eigenvalue weighted by Crippen LogP contribution is -2.53. The summed E-state index contributed by atoms with van der Waals surface area (Å²) in [6, 6.07) is 0. The molecule has 0 saturated carbocycles. The van der Waals surface area contributed by atoms with Gasteiger partial charge in [0.15, 0.2) is 20.3 Å². The number of rotatable bonds is 16. The molecule has 1 saturated heterocycles. The molecular formula is C26H50NO10PSi. The van der Waals surface area contributed by atoms with Crippen molar-refractivity contribution in [2.24, 2.45) is 0 Å². The van der Waals surface area contributed by atoms with Gasteiger partial charge in [0.1, 0.15) is 18.3 Å². The van der Waals surface area contributed by atoms with Gasteiger partial charge in [0.25, 0.3) is 0 Å². The van der Waals surface area contributed by atoms with Crippen molar-refractivity contribution in [3.8, 4) is 0 Å². The van der Waals surface area contributed by atoms with E-state index in [4.69, 9.17) is 27.7 Å². The molecule has 0 aliphatic carbocycles. The van der Waals surface area contributed by atoms with Gasteiger partial charge in [0.2, 0.25) is 5.91 Å². The van der Waals surface area contributed by atoms with E-state index in [2.05, 4.69) is 33.9 Å². The predicted octanol–water partition coefficient (Wildman–Crippen LogP) is 4.10. The number of hydrogen-bond donors (Lipinski definition) is 1. The van der Waals surface area contributed by atoms with Crippen molar-refractivity contribution in [1.29, 1.82) is 0 Å². The average molecular weight is 596 g/mol. The third-order valence-electron chi connectivity index (χ3n) is 7.03. The van der Waals surface area contributed by atoms with Crippen LogP contribution in [0.25, 0.3) is 0 Å². The summed E-state index contributed by atoms with van der Waals surface area (Å²) in [5.74, 6) is -0.604. The van der Waals surface area contributed by atoms with Gasteiger partial charge in [-0.25, -0.2) is 0 Å². The SMILES string of the molecule is CCOP(=O)(C[C@H](O)[C@H]1O[C@@H](N(/C=C(/C)C(C)=O)C(C)=O)[C@H](OCCOC)[C@@H]1O[Si](C)(C)C(C)(C)C)OCC. The van der Waals surface area contributed by atoms with Gasteiger partial charge in [-0.3, -0.25) is 19.1 Å². The molecule has 1 aliphatic heterocycles. The molecule has 0 aromatic heterocycles. The molecule has 0 bridgehead atoms. The monoisotopic (exact) mass is 595 g/mol. The zero-order valence-electron chi connectivity index (χ0n) is 25.5. The Bertz CT molecular complexity index is 880. The van der Waals surface area contributed by atoms with E-state index >= 15 is 0 Å². The number of hydrogen-bond acceptors (Lipinski definition) is 10. The number of aliphatic hydroxyl groups excluding tert-OH is 1. The largest absolute Gasteiger partial charge is 0.408 e. The number of aliphatic hydroxyl groups is 1. The quantitative estimate of drug-likeness (QED) is 0.120. The Labute approximate surface area is 235 Å². The normalized spacial score (nSPS) is 23.6. The Morgan fingerprint density at radius 1 is 1.08 bits per heavy atom. The first-order valence-corrected chi connectivity index (χ1v) is 18.1. The molecular weight excluding hydrogens is 545 g/mol. The van der Waals surface area contributed by atoms with Gasteiger partial charge in [-0.2, -0.15) is 0 Å². The first-order valence-electron chi connectivity index (χ1n) is 13.4. The van der Waals surface area contributed by atoms with Gasteiger partial charge in [0.05, 0.1) is 38.7 Å². The summed E-state index contributed by atoms with van der Waals surface area (Å²) in [4.78, 5) is 26.1. The zero-order chi connectivity index (χ0) is 30.2. The van der Waals surface area contributed by atoms with E-state index in [0.717, 1.165) is 0 Å². The van der Waals surface area contributed by atoms with Crippen LogP contribution in [0.15, 0.2) is 11.8 Å². The Kier molecular flexibility index (Phi) is 14.2. The lowest BCUT2D eigenvalue weighted by atomic mass is 10.1. The van der Waals surface area contributed by atoms with E-state index in [1.807, 2.05) is 0 Å². The number of allylic oxidation sites excluding steroid dienone is 1. The number of methoxy groups -OCH3 is 1. The third kappa shape index (κ3) is 10.1. The molecule has 0 spiro atoms. The minimum Gasteiger partial charge on any atom is -0.408 e. The molecule has 1 amide bonds. The number of Topliss-reactive ketones (excluding diaryl/α,β-unsaturated/α-hetero) is 1. The summed E-state index contributed by atoms with van der Waals surface area (Å²) in [5.41, 5.74) is 0.340. The summed E-state index contributed by atoms with van der Waals surface area (Å²) in [5, 5.41) is 11.2. The highest BCUT2D eigenvalue weighted by Crippen LogP contribution is 2.50. The highest BCUT2D eigenvalue weighted by molar-refractivity contribution is 7.53. The van der Waals surface area contributed by atoms with Crippen LogP contribution in [0.4, 0.5) is 0 Å². The Hall–Kier alpha value is -0.953. The maximum Gasteiger partial charge on any atom is 0.333 e. The second-order valence-corrected chi connectivity index (χ2v) is 18.0. The fourth-order valence-electron chi connectivity index (χ4n) is 3.81. The van der Waals surface area contributed by atoms with Crippen molar-refractivity contribution < 1.29 is 46.9 Å². The Morgan fingerprint density at radius 2 is 1.64 bits per heavy atom. The molecule has 1 heterocycles. The van der Waals surface area contributed by atoms with Crippen molar-refractivity contribution in [3.63, 3.8) is 0 Å². The number of carbonyl (C=O) groups is 2. The van der Waals surface area contributed by atoms with Crippen molar-refractivity contribution in [2.45, 2.75) is 104 Å². The van der Waals surface area contributed by atoms with Crippen LogP contribution in [0.3, 0.4) is 0 Å². The summed E-state index contributed by atoms with van der Waals surface area (Å²) in [6.45, 7) is 18.8. The molecule has 11 nitrogen and oxygen atoms in total. The number of amides is 1. The molecule has 13 heteroatoms. The summed E-state index contributed by atoms with van der Waals surface area (Å²) in [6.07, 6.45) is -4.03. The highest BCUT2D eigenvalue weighted by atomic mass is 31.2. The van der Waals surface area contributed by atoms with E-state index in [1.54, 1.807) is 27.9 Å². The second kappa shape index (κ2) is 15.3.